The van der Waals surface area contributed by atoms with E-state index < -0.39 is 0 Å². The van der Waals surface area contributed by atoms with Crippen molar-refractivity contribution in [2.45, 2.75) is 0 Å². The molecule has 0 aliphatic carbocycles. The zero-order chi connectivity index (χ0) is 39.8. The van der Waals surface area contributed by atoms with Crippen LogP contribution in [0.3, 0.4) is 0 Å². The summed E-state index contributed by atoms with van der Waals surface area (Å²) in [6, 6.07) is 81.3. The summed E-state index contributed by atoms with van der Waals surface area (Å²) in [7, 11) is 0. The number of para-hydroxylation sites is 3. The zero-order valence-corrected chi connectivity index (χ0v) is 32.7. The highest BCUT2D eigenvalue weighted by atomic mass is 15.1. The number of benzene rings is 9. The number of hydrogen-bond donors (Lipinski definition) is 0. The molecule has 9 aromatic carbocycles. The van der Waals surface area contributed by atoms with Crippen LogP contribution in [0.5, 0.6) is 0 Å². The summed E-state index contributed by atoms with van der Waals surface area (Å²) in [4.78, 5) is 13.4. The van der Waals surface area contributed by atoms with Gasteiger partial charge in [0, 0.05) is 55.8 Å². The molecule has 0 unspecified atom stereocenters. The molecule has 4 heteroatoms. The van der Waals surface area contributed by atoms with Crippen LogP contribution in [-0.4, -0.2) is 14.5 Å². The van der Waals surface area contributed by atoms with Crippen LogP contribution in [0, 0.1) is 0 Å². The third-order valence-corrected chi connectivity index (χ3v) is 11.4. The first-order valence-corrected chi connectivity index (χ1v) is 20.3. The van der Waals surface area contributed by atoms with E-state index in [1.807, 2.05) is 12.1 Å². The van der Waals surface area contributed by atoms with Gasteiger partial charge in [-0.15, -0.1) is 0 Å². The van der Waals surface area contributed by atoms with Crippen LogP contribution in [0.1, 0.15) is 0 Å². The van der Waals surface area contributed by atoms with E-state index in [2.05, 4.69) is 228 Å². The van der Waals surface area contributed by atoms with Gasteiger partial charge in [0.15, 0.2) is 0 Å². The van der Waals surface area contributed by atoms with Crippen molar-refractivity contribution < 1.29 is 0 Å². The summed E-state index contributed by atoms with van der Waals surface area (Å²) in [5.41, 5.74) is 16.5. The van der Waals surface area contributed by atoms with E-state index in [0.717, 1.165) is 78.6 Å². The van der Waals surface area contributed by atoms with Crippen LogP contribution in [0.2, 0.25) is 0 Å². The molecule has 4 nitrogen and oxygen atoms in total. The molecule has 0 saturated heterocycles. The summed E-state index contributed by atoms with van der Waals surface area (Å²) in [5, 5.41) is 2.50. The topological polar surface area (TPSA) is 34.0 Å². The summed E-state index contributed by atoms with van der Waals surface area (Å²) < 4.78 is 2.36. The Hall–Kier alpha value is -8.08. The SMILES string of the molecule is c1ccc(-c2nc3c(-c4ccccc4)ccc(-c4ccccc4)c3nc2-c2ccc(N(c3ccccc3)c3ccc(-n4c5ccccc5c5ccccc54)cc3)cc2)cc1. The first-order valence-electron chi connectivity index (χ1n) is 20.3. The average Bonchev–Trinajstić information content (AvgIpc) is 3.67. The highest BCUT2D eigenvalue weighted by molar-refractivity contribution is 6.09. The van der Waals surface area contributed by atoms with Gasteiger partial charge in [-0.25, -0.2) is 9.97 Å². The van der Waals surface area contributed by atoms with Gasteiger partial charge in [-0.2, -0.15) is 0 Å². The Kier molecular flexibility index (Phi) is 8.79. The third-order valence-electron chi connectivity index (χ3n) is 11.4. The fourth-order valence-corrected chi connectivity index (χ4v) is 8.58. The van der Waals surface area contributed by atoms with Crippen molar-refractivity contribution in [2.24, 2.45) is 0 Å². The molecule has 0 saturated carbocycles. The smallest absolute Gasteiger partial charge is 0.0979 e. The molecule has 0 bridgehead atoms. The van der Waals surface area contributed by atoms with Crippen LogP contribution in [0.25, 0.3) is 83.3 Å². The third kappa shape index (κ3) is 6.19. The second kappa shape index (κ2) is 15.0. The van der Waals surface area contributed by atoms with Crippen molar-refractivity contribution in [3.8, 4) is 50.5 Å². The van der Waals surface area contributed by atoms with E-state index in [0.29, 0.717) is 0 Å². The highest BCUT2D eigenvalue weighted by Gasteiger charge is 2.20. The van der Waals surface area contributed by atoms with E-state index >= 15 is 0 Å². The molecule has 0 radical (unpaired) electrons. The molecule has 60 heavy (non-hydrogen) atoms. The molecular weight excluding hydrogens is 729 g/mol. The Labute approximate surface area is 348 Å². The van der Waals surface area contributed by atoms with Gasteiger partial charge in [-0.1, -0.05) is 170 Å². The van der Waals surface area contributed by atoms with Crippen LogP contribution < -0.4 is 4.90 Å². The molecule has 2 heterocycles. The fourth-order valence-electron chi connectivity index (χ4n) is 8.58. The molecule has 0 aliphatic heterocycles. The maximum atomic E-state index is 5.57. The second-order valence-corrected chi connectivity index (χ2v) is 15.0. The normalized spacial score (nSPS) is 11.3. The lowest BCUT2D eigenvalue weighted by molar-refractivity contribution is 1.17. The summed E-state index contributed by atoms with van der Waals surface area (Å²) >= 11 is 0. The lowest BCUT2D eigenvalue weighted by Gasteiger charge is -2.26. The summed E-state index contributed by atoms with van der Waals surface area (Å²) in [6.07, 6.45) is 0. The average molecular weight is 767 g/mol. The van der Waals surface area contributed by atoms with E-state index in [9.17, 15) is 0 Å². The number of hydrogen-bond acceptors (Lipinski definition) is 3. The van der Waals surface area contributed by atoms with Gasteiger partial charge in [0.05, 0.1) is 33.5 Å². The number of nitrogens with zero attached hydrogens (tertiary/aromatic N) is 4. The largest absolute Gasteiger partial charge is 0.311 e. The first kappa shape index (κ1) is 35.1. The Balaban J connectivity index is 1.05. The van der Waals surface area contributed by atoms with Crippen molar-refractivity contribution in [3.63, 3.8) is 0 Å². The van der Waals surface area contributed by atoms with Crippen molar-refractivity contribution in [3.05, 3.63) is 231 Å². The van der Waals surface area contributed by atoms with Gasteiger partial charge in [0.25, 0.3) is 0 Å². The van der Waals surface area contributed by atoms with Gasteiger partial charge in [-0.05, 0) is 71.8 Å². The molecule has 282 valence electrons. The predicted octanol–water partition coefficient (Wildman–Crippen LogP) is 14.9. The molecular formula is C56H38N4. The predicted molar refractivity (Wildman–Crippen MR) is 250 cm³/mol. The molecule has 11 rings (SSSR count). The van der Waals surface area contributed by atoms with Crippen LogP contribution in [0.15, 0.2) is 231 Å². The van der Waals surface area contributed by atoms with Crippen molar-refractivity contribution in [2.75, 3.05) is 4.90 Å². The van der Waals surface area contributed by atoms with E-state index in [1.165, 1.54) is 21.8 Å². The molecule has 0 amide bonds. The van der Waals surface area contributed by atoms with Crippen molar-refractivity contribution >= 4 is 49.9 Å². The first-order chi connectivity index (χ1) is 29.8. The van der Waals surface area contributed by atoms with Crippen LogP contribution in [-0.2, 0) is 0 Å². The van der Waals surface area contributed by atoms with E-state index in [1.54, 1.807) is 0 Å². The summed E-state index contributed by atoms with van der Waals surface area (Å²) in [5.74, 6) is 0. The second-order valence-electron chi connectivity index (χ2n) is 15.0. The minimum absolute atomic E-state index is 0.837. The van der Waals surface area contributed by atoms with Crippen LogP contribution in [0.4, 0.5) is 17.1 Å². The van der Waals surface area contributed by atoms with Gasteiger partial charge in [0.2, 0.25) is 0 Å². The zero-order valence-electron chi connectivity index (χ0n) is 32.7. The van der Waals surface area contributed by atoms with Crippen LogP contribution >= 0.6 is 0 Å². The van der Waals surface area contributed by atoms with Crippen molar-refractivity contribution in [1.82, 2.24) is 14.5 Å². The van der Waals surface area contributed by atoms with Gasteiger partial charge < -0.3 is 9.47 Å². The molecule has 2 aromatic heterocycles. The molecule has 0 aliphatic rings. The number of anilines is 3. The van der Waals surface area contributed by atoms with E-state index in [-0.39, 0.29) is 0 Å². The Morgan fingerprint density at radius 3 is 1.15 bits per heavy atom. The standard InChI is InChI=1S/C56H38N4/c1-5-17-39(18-6-1)47-37-38-48(40-19-7-2-8-20-40)56-55(47)57-53(41-21-9-3-10-22-41)54(58-56)42-29-31-44(32-30-42)59(43-23-11-4-12-24-43)45-33-35-46(36-34-45)60-51-27-15-13-25-49(51)50-26-14-16-28-52(50)60/h1-38H. The van der Waals surface area contributed by atoms with E-state index in [4.69, 9.17) is 9.97 Å². The minimum atomic E-state index is 0.837. The van der Waals surface area contributed by atoms with Gasteiger partial charge in [0.1, 0.15) is 0 Å². The molecule has 11 aromatic rings. The number of aromatic nitrogens is 3. The summed E-state index contributed by atoms with van der Waals surface area (Å²) in [6.45, 7) is 0. The quantitative estimate of drug-likeness (QED) is 0.154. The maximum Gasteiger partial charge on any atom is 0.0979 e. The Morgan fingerprint density at radius 2 is 0.667 bits per heavy atom. The lowest BCUT2D eigenvalue weighted by atomic mass is 9.96. The molecule has 0 spiro atoms. The fraction of sp³-hybridized carbons (Fsp3) is 0. The van der Waals surface area contributed by atoms with Gasteiger partial charge >= 0.3 is 0 Å². The maximum absolute atomic E-state index is 5.57. The lowest BCUT2D eigenvalue weighted by Crippen LogP contribution is -2.10. The molecule has 0 N–H and O–H groups in total. The molecule has 0 fully saturated rings. The monoisotopic (exact) mass is 766 g/mol. The minimum Gasteiger partial charge on any atom is -0.311 e. The molecule has 0 atom stereocenters. The Morgan fingerprint density at radius 1 is 0.300 bits per heavy atom. The number of rotatable bonds is 8. The van der Waals surface area contributed by atoms with Crippen molar-refractivity contribution in [1.29, 1.82) is 0 Å². The van der Waals surface area contributed by atoms with Gasteiger partial charge in [-0.3, -0.25) is 0 Å². The Bertz CT molecular complexity index is 3220. The number of fused-ring (bicyclic) bond motifs is 4. The highest BCUT2D eigenvalue weighted by Crippen LogP contribution is 2.41.